The highest BCUT2D eigenvalue weighted by molar-refractivity contribution is 6.34. The molecule has 120 valence electrons. The fourth-order valence-corrected chi connectivity index (χ4v) is 3.27. The number of hydrogen-bond acceptors (Lipinski definition) is 3. The Morgan fingerprint density at radius 3 is 2.25 bits per heavy atom. The monoisotopic (exact) mass is 322 g/mol. The topological polar surface area (TPSA) is 77.9 Å². The van der Waals surface area contributed by atoms with Gasteiger partial charge in [0.15, 0.2) is 0 Å². The molecule has 0 bridgehead atoms. The first-order chi connectivity index (χ1) is 11.6. The minimum absolute atomic E-state index is 0.321. The van der Waals surface area contributed by atoms with E-state index in [1.165, 1.54) is 9.80 Å². The molecule has 0 unspecified atom stereocenters. The van der Waals surface area contributed by atoms with Gasteiger partial charge >= 0.3 is 6.09 Å². The predicted molar refractivity (Wildman–Crippen MR) is 86.2 cm³/mol. The Labute approximate surface area is 137 Å². The van der Waals surface area contributed by atoms with Gasteiger partial charge < -0.3 is 10.0 Å². The highest BCUT2D eigenvalue weighted by Gasteiger charge is 2.36. The summed E-state index contributed by atoms with van der Waals surface area (Å²) in [7, 11) is 0. The van der Waals surface area contributed by atoms with Gasteiger partial charge in [-0.25, -0.2) is 9.69 Å². The van der Waals surface area contributed by atoms with Crippen molar-refractivity contribution in [3.8, 4) is 0 Å². The molecule has 6 heteroatoms. The molecule has 0 spiro atoms. The zero-order valence-corrected chi connectivity index (χ0v) is 12.7. The van der Waals surface area contributed by atoms with E-state index >= 15 is 0 Å². The van der Waals surface area contributed by atoms with E-state index in [0.717, 1.165) is 11.1 Å². The van der Waals surface area contributed by atoms with E-state index in [9.17, 15) is 14.4 Å². The van der Waals surface area contributed by atoms with Crippen LogP contribution in [0.3, 0.4) is 0 Å². The van der Waals surface area contributed by atoms with E-state index in [4.69, 9.17) is 5.11 Å². The lowest BCUT2D eigenvalue weighted by molar-refractivity contribution is 0.0926. The molecule has 0 aliphatic carbocycles. The molecule has 0 fully saturated rings. The maximum atomic E-state index is 12.5. The number of carbonyl (C=O) groups excluding carboxylic acids is 2. The van der Waals surface area contributed by atoms with Crippen LogP contribution in [0.2, 0.25) is 0 Å². The third kappa shape index (κ3) is 2.07. The van der Waals surface area contributed by atoms with Gasteiger partial charge in [0, 0.05) is 13.1 Å². The minimum Gasteiger partial charge on any atom is -0.465 e. The number of rotatable bonds is 1. The van der Waals surface area contributed by atoms with Gasteiger partial charge in [0.2, 0.25) is 0 Å². The van der Waals surface area contributed by atoms with Gasteiger partial charge in [-0.1, -0.05) is 18.2 Å². The maximum absolute atomic E-state index is 12.5. The smallest absolute Gasteiger partial charge is 0.407 e. The highest BCUT2D eigenvalue weighted by atomic mass is 16.4. The molecule has 2 aliphatic heterocycles. The Bertz CT molecular complexity index is 855. The molecule has 0 saturated heterocycles. The van der Waals surface area contributed by atoms with Crippen LogP contribution in [0.15, 0.2) is 42.5 Å². The molecular formula is C18H14N2O4. The first kappa shape index (κ1) is 14.4. The summed E-state index contributed by atoms with van der Waals surface area (Å²) in [5, 5.41) is 9.09. The van der Waals surface area contributed by atoms with Gasteiger partial charge in [-0.3, -0.25) is 9.59 Å². The average molecular weight is 322 g/mol. The molecule has 24 heavy (non-hydrogen) atoms. The molecule has 6 nitrogen and oxygen atoms in total. The normalized spacial score (nSPS) is 16.2. The van der Waals surface area contributed by atoms with Gasteiger partial charge in [-0.15, -0.1) is 0 Å². The van der Waals surface area contributed by atoms with E-state index in [0.29, 0.717) is 36.3 Å². The Balaban J connectivity index is 1.69. The predicted octanol–water partition coefficient (Wildman–Crippen LogP) is 2.52. The standard InChI is InChI=1S/C18H14N2O4/c21-16-14-3-1-2-4-15(14)17(22)20(16)13-6-5-12-10-19(18(23)24)8-7-11(12)9-13/h1-6,9H,7-8,10H2,(H,23,24). The molecule has 0 radical (unpaired) electrons. The number of carboxylic acid groups (broad SMARTS) is 1. The highest BCUT2D eigenvalue weighted by Crippen LogP contribution is 2.31. The molecule has 2 aromatic rings. The number of anilines is 1. The van der Waals surface area contributed by atoms with Crippen LogP contribution in [0.25, 0.3) is 0 Å². The van der Waals surface area contributed by atoms with E-state index in [1.54, 1.807) is 36.4 Å². The fraction of sp³-hybridized carbons (Fsp3) is 0.167. The maximum Gasteiger partial charge on any atom is 0.407 e. The van der Waals surface area contributed by atoms with Gasteiger partial charge in [-0.05, 0) is 41.8 Å². The Morgan fingerprint density at radius 2 is 1.62 bits per heavy atom. The zero-order chi connectivity index (χ0) is 16.8. The van der Waals surface area contributed by atoms with Crippen LogP contribution in [-0.4, -0.2) is 34.5 Å². The van der Waals surface area contributed by atoms with Gasteiger partial charge in [0.25, 0.3) is 11.8 Å². The van der Waals surface area contributed by atoms with Gasteiger partial charge in [0.1, 0.15) is 0 Å². The minimum atomic E-state index is -0.940. The molecule has 2 aliphatic rings. The van der Waals surface area contributed by atoms with Crippen LogP contribution in [0, 0.1) is 0 Å². The molecule has 2 heterocycles. The van der Waals surface area contributed by atoms with Gasteiger partial charge in [-0.2, -0.15) is 0 Å². The number of amides is 3. The van der Waals surface area contributed by atoms with E-state index in [-0.39, 0.29) is 11.8 Å². The summed E-state index contributed by atoms with van der Waals surface area (Å²) in [5.74, 6) is -0.642. The Hall–Kier alpha value is -3.15. The van der Waals surface area contributed by atoms with Gasteiger partial charge in [0.05, 0.1) is 16.8 Å². The summed E-state index contributed by atoms with van der Waals surface area (Å²) in [6, 6.07) is 12.1. The van der Waals surface area contributed by atoms with Crippen molar-refractivity contribution in [2.45, 2.75) is 13.0 Å². The van der Waals surface area contributed by atoms with Crippen molar-refractivity contribution >= 4 is 23.6 Å². The Morgan fingerprint density at radius 1 is 0.958 bits per heavy atom. The lowest BCUT2D eigenvalue weighted by atomic mass is 9.99. The van der Waals surface area contributed by atoms with E-state index in [1.807, 2.05) is 6.07 Å². The van der Waals surface area contributed by atoms with Crippen molar-refractivity contribution in [3.63, 3.8) is 0 Å². The molecule has 0 atom stereocenters. The van der Waals surface area contributed by atoms with Crippen LogP contribution < -0.4 is 4.90 Å². The number of carbonyl (C=O) groups is 3. The lowest BCUT2D eigenvalue weighted by Crippen LogP contribution is -2.35. The van der Waals surface area contributed by atoms with Crippen molar-refractivity contribution < 1.29 is 19.5 Å². The van der Waals surface area contributed by atoms with Crippen LogP contribution in [-0.2, 0) is 13.0 Å². The largest absolute Gasteiger partial charge is 0.465 e. The van der Waals surface area contributed by atoms with Crippen molar-refractivity contribution in [2.75, 3.05) is 11.4 Å². The number of imide groups is 1. The van der Waals surface area contributed by atoms with Crippen molar-refractivity contribution in [1.29, 1.82) is 0 Å². The van der Waals surface area contributed by atoms with Crippen molar-refractivity contribution in [1.82, 2.24) is 4.90 Å². The average Bonchev–Trinajstić information content (AvgIpc) is 2.85. The lowest BCUT2D eigenvalue weighted by Gasteiger charge is -2.27. The number of nitrogens with zero attached hydrogens (tertiary/aromatic N) is 2. The summed E-state index contributed by atoms with van der Waals surface area (Å²) >= 11 is 0. The number of benzene rings is 2. The van der Waals surface area contributed by atoms with Crippen molar-refractivity contribution in [3.05, 3.63) is 64.7 Å². The summed E-state index contributed by atoms with van der Waals surface area (Å²) in [5.41, 5.74) is 3.24. The van der Waals surface area contributed by atoms with Crippen LogP contribution >= 0.6 is 0 Å². The SMILES string of the molecule is O=C(O)N1CCc2cc(N3C(=O)c4ccccc4C3=O)ccc2C1. The first-order valence-electron chi connectivity index (χ1n) is 7.64. The molecular weight excluding hydrogens is 308 g/mol. The summed E-state index contributed by atoms with van der Waals surface area (Å²) < 4.78 is 0. The molecule has 4 rings (SSSR count). The molecule has 2 aromatic carbocycles. The van der Waals surface area contributed by atoms with E-state index < -0.39 is 6.09 Å². The summed E-state index contributed by atoms with van der Waals surface area (Å²) in [6.07, 6.45) is -0.372. The van der Waals surface area contributed by atoms with E-state index in [2.05, 4.69) is 0 Å². The second kappa shape index (κ2) is 5.19. The van der Waals surface area contributed by atoms with Crippen LogP contribution in [0.4, 0.5) is 10.5 Å². The number of hydrogen-bond donors (Lipinski definition) is 1. The molecule has 3 amide bonds. The summed E-state index contributed by atoms with van der Waals surface area (Å²) in [4.78, 5) is 38.7. The summed E-state index contributed by atoms with van der Waals surface area (Å²) in [6.45, 7) is 0.737. The second-order valence-corrected chi connectivity index (χ2v) is 5.90. The quantitative estimate of drug-likeness (QED) is 0.818. The zero-order valence-electron chi connectivity index (χ0n) is 12.7. The second-order valence-electron chi connectivity index (χ2n) is 5.90. The molecule has 1 N–H and O–H groups in total. The first-order valence-corrected chi connectivity index (χ1v) is 7.64. The Kier molecular flexibility index (Phi) is 3.13. The number of fused-ring (bicyclic) bond motifs is 2. The van der Waals surface area contributed by atoms with Crippen molar-refractivity contribution in [2.24, 2.45) is 0 Å². The van der Waals surface area contributed by atoms with Crippen LogP contribution in [0.5, 0.6) is 0 Å². The fourth-order valence-electron chi connectivity index (χ4n) is 3.27. The third-order valence-corrected chi connectivity index (χ3v) is 4.52. The molecule has 0 aromatic heterocycles. The third-order valence-electron chi connectivity index (χ3n) is 4.52. The van der Waals surface area contributed by atoms with Crippen LogP contribution in [0.1, 0.15) is 31.8 Å². The molecule has 0 saturated carbocycles.